The number of likely N-dealkylation sites (tertiary alicyclic amines) is 1. The molecule has 1 saturated heterocycles. The van der Waals surface area contributed by atoms with Crippen molar-refractivity contribution in [3.05, 3.63) is 0 Å². The first kappa shape index (κ1) is 12.8. The summed E-state index contributed by atoms with van der Waals surface area (Å²) in [7, 11) is 0. The molecule has 0 radical (unpaired) electrons. The highest BCUT2D eigenvalue weighted by molar-refractivity contribution is 4.82. The number of hydrogen-bond acceptors (Lipinski definition) is 2. The molecule has 0 bridgehead atoms. The van der Waals surface area contributed by atoms with Crippen molar-refractivity contribution < 1.29 is 13.2 Å². The summed E-state index contributed by atoms with van der Waals surface area (Å²) in [6.45, 7) is 6.12. The van der Waals surface area contributed by atoms with Crippen LogP contribution in [0.3, 0.4) is 0 Å². The highest BCUT2D eigenvalue weighted by atomic mass is 19.4. The Morgan fingerprint density at radius 3 is 2.53 bits per heavy atom. The van der Waals surface area contributed by atoms with E-state index >= 15 is 0 Å². The molecular weight excluding hydrogens is 205 g/mol. The predicted octanol–water partition coefficient (Wildman–Crippen LogP) is 2.01. The average Bonchev–Trinajstić information content (AvgIpc) is 2.50. The monoisotopic (exact) mass is 224 g/mol. The topological polar surface area (TPSA) is 15.3 Å². The van der Waals surface area contributed by atoms with E-state index in [2.05, 4.69) is 24.1 Å². The van der Waals surface area contributed by atoms with Gasteiger partial charge in [-0.3, -0.25) is 4.90 Å². The van der Waals surface area contributed by atoms with Crippen LogP contribution in [0.2, 0.25) is 0 Å². The quantitative estimate of drug-likeness (QED) is 0.786. The predicted molar refractivity (Wildman–Crippen MR) is 53.8 cm³/mol. The summed E-state index contributed by atoms with van der Waals surface area (Å²) >= 11 is 0. The second-order valence-electron chi connectivity index (χ2n) is 4.39. The first-order valence-electron chi connectivity index (χ1n) is 5.42. The van der Waals surface area contributed by atoms with Crippen LogP contribution in [-0.4, -0.2) is 42.8 Å². The lowest BCUT2D eigenvalue weighted by Gasteiger charge is -2.20. The second kappa shape index (κ2) is 5.16. The molecule has 0 aromatic carbocycles. The van der Waals surface area contributed by atoms with Crippen LogP contribution in [0, 0.1) is 0 Å². The van der Waals surface area contributed by atoms with Gasteiger partial charge in [-0.2, -0.15) is 13.2 Å². The smallest absolute Gasteiger partial charge is 0.312 e. The van der Waals surface area contributed by atoms with Crippen molar-refractivity contribution in [3.8, 4) is 0 Å². The fraction of sp³-hybridized carbons (Fsp3) is 1.00. The van der Waals surface area contributed by atoms with Gasteiger partial charge in [0.05, 0.1) is 6.42 Å². The first-order chi connectivity index (χ1) is 6.88. The van der Waals surface area contributed by atoms with Crippen molar-refractivity contribution in [2.24, 2.45) is 0 Å². The van der Waals surface area contributed by atoms with Gasteiger partial charge in [-0.25, -0.2) is 0 Å². The molecule has 1 rings (SSSR count). The molecule has 5 heteroatoms. The minimum Gasteiger partial charge on any atom is -0.312 e. The molecule has 1 unspecified atom stereocenters. The lowest BCUT2D eigenvalue weighted by Crippen LogP contribution is -2.36. The minimum atomic E-state index is -4.04. The molecule has 0 saturated carbocycles. The van der Waals surface area contributed by atoms with Gasteiger partial charge in [0.1, 0.15) is 0 Å². The molecule has 0 aliphatic carbocycles. The molecule has 0 aromatic rings. The minimum absolute atomic E-state index is 0.0418. The summed E-state index contributed by atoms with van der Waals surface area (Å²) in [5.74, 6) is 0. The molecule has 15 heavy (non-hydrogen) atoms. The van der Waals surface area contributed by atoms with Crippen LogP contribution in [0.15, 0.2) is 0 Å². The molecule has 0 amide bonds. The van der Waals surface area contributed by atoms with Crippen molar-refractivity contribution in [1.29, 1.82) is 0 Å². The van der Waals surface area contributed by atoms with Crippen molar-refractivity contribution in [2.75, 3.05) is 19.6 Å². The Hall–Kier alpha value is -0.290. The van der Waals surface area contributed by atoms with Crippen molar-refractivity contribution in [1.82, 2.24) is 10.2 Å². The fourth-order valence-electron chi connectivity index (χ4n) is 1.84. The Kier molecular flexibility index (Phi) is 4.40. The zero-order chi connectivity index (χ0) is 11.5. The highest BCUT2D eigenvalue weighted by Crippen LogP contribution is 2.19. The Bertz CT molecular complexity index is 192. The van der Waals surface area contributed by atoms with Gasteiger partial charge in [0.25, 0.3) is 0 Å². The highest BCUT2D eigenvalue weighted by Gasteiger charge is 2.28. The maximum Gasteiger partial charge on any atom is 0.390 e. The molecule has 1 heterocycles. The lowest BCUT2D eigenvalue weighted by atomic mass is 10.2. The van der Waals surface area contributed by atoms with Gasteiger partial charge >= 0.3 is 6.18 Å². The van der Waals surface area contributed by atoms with E-state index in [1.165, 1.54) is 0 Å². The van der Waals surface area contributed by atoms with Crippen LogP contribution in [0.4, 0.5) is 13.2 Å². The number of hydrogen-bond donors (Lipinski definition) is 1. The van der Waals surface area contributed by atoms with Gasteiger partial charge in [0.15, 0.2) is 0 Å². The number of nitrogens with zero attached hydrogens (tertiary/aromatic N) is 1. The van der Waals surface area contributed by atoms with E-state index in [0.29, 0.717) is 6.04 Å². The summed E-state index contributed by atoms with van der Waals surface area (Å²) in [6, 6.07) is 0.717. The van der Waals surface area contributed by atoms with Crippen molar-refractivity contribution in [3.63, 3.8) is 0 Å². The van der Waals surface area contributed by atoms with E-state index in [1.54, 1.807) is 0 Å². The molecule has 1 fully saturated rings. The molecule has 0 aromatic heterocycles. The Morgan fingerprint density at radius 2 is 2.07 bits per heavy atom. The van der Waals surface area contributed by atoms with Gasteiger partial charge in [-0.05, 0) is 26.8 Å². The van der Waals surface area contributed by atoms with Gasteiger partial charge in [-0.1, -0.05) is 0 Å². The Labute approximate surface area is 88.8 Å². The average molecular weight is 224 g/mol. The summed E-state index contributed by atoms with van der Waals surface area (Å²) < 4.78 is 35.7. The molecule has 0 spiro atoms. The van der Waals surface area contributed by atoms with E-state index in [0.717, 1.165) is 19.5 Å². The SMILES string of the molecule is CC(C)N1CCC(NCCC(F)(F)F)C1. The molecule has 90 valence electrons. The van der Waals surface area contributed by atoms with Crippen LogP contribution >= 0.6 is 0 Å². The van der Waals surface area contributed by atoms with Crippen LogP contribution < -0.4 is 5.32 Å². The normalized spacial score (nSPS) is 24.0. The van der Waals surface area contributed by atoms with Gasteiger partial charge in [0, 0.05) is 25.2 Å². The Balaban J connectivity index is 2.14. The fourth-order valence-corrected chi connectivity index (χ4v) is 1.84. The zero-order valence-electron chi connectivity index (χ0n) is 9.27. The van der Waals surface area contributed by atoms with Crippen LogP contribution in [0.1, 0.15) is 26.7 Å². The first-order valence-corrected chi connectivity index (χ1v) is 5.42. The third-order valence-electron chi connectivity index (χ3n) is 2.79. The van der Waals surface area contributed by atoms with E-state index in [9.17, 15) is 13.2 Å². The summed E-state index contributed by atoms with van der Waals surface area (Å²) in [6.07, 6.45) is -3.81. The van der Waals surface area contributed by atoms with Crippen molar-refractivity contribution >= 4 is 0 Å². The maximum atomic E-state index is 11.9. The zero-order valence-corrected chi connectivity index (χ0v) is 9.27. The van der Waals surface area contributed by atoms with Crippen LogP contribution in [0.25, 0.3) is 0 Å². The second-order valence-corrected chi connectivity index (χ2v) is 4.39. The Morgan fingerprint density at radius 1 is 1.40 bits per heavy atom. The van der Waals surface area contributed by atoms with E-state index in [4.69, 9.17) is 0 Å². The third kappa shape index (κ3) is 4.84. The van der Waals surface area contributed by atoms with Crippen LogP contribution in [0.5, 0.6) is 0 Å². The third-order valence-corrected chi connectivity index (χ3v) is 2.79. The number of halogens is 3. The van der Waals surface area contributed by atoms with E-state index < -0.39 is 12.6 Å². The summed E-state index contributed by atoms with van der Waals surface area (Å²) in [5.41, 5.74) is 0. The standard InChI is InChI=1S/C10H19F3N2/c1-8(2)15-6-3-9(7-15)14-5-4-10(11,12)13/h8-9,14H,3-7H2,1-2H3. The molecule has 1 atom stereocenters. The molecular formula is C10H19F3N2. The molecule has 1 aliphatic heterocycles. The lowest BCUT2D eigenvalue weighted by molar-refractivity contribution is -0.133. The van der Waals surface area contributed by atoms with Gasteiger partial charge in [0.2, 0.25) is 0 Å². The number of rotatable bonds is 4. The molecule has 2 nitrogen and oxygen atoms in total. The largest absolute Gasteiger partial charge is 0.390 e. The van der Waals surface area contributed by atoms with E-state index in [1.807, 2.05) is 0 Å². The summed E-state index contributed by atoms with van der Waals surface area (Å²) in [4.78, 5) is 2.28. The van der Waals surface area contributed by atoms with Gasteiger partial charge in [-0.15, -0.1) is 0 Å². The maximum absolute atomic E-state index is 11.9. The molecule has 1 aliphatic rings. The number of alkyl halides is 3. The molecule has 1 N–H and O–H groups in total. The number of nitrogens with one attached hydrogen (secondary N) is 1. The van der Waals surface area contributed by atoms with Gasteiger partial charge < -0.3 is 5.32 Å². The van der Waals surface area contributed by atoms with Crippen molar-refractivity contribution in [2.45, 2.75) is 44.9 Å². The van der Waals surface area contributed by atoms with Crippen LogP contribution in [-0.2, 0) is 0 Å². The van der Waals surface area contributed by atoms with E-state index in [-0.39, 0.29) is 12.6 Å². The summed E-state index contributed by atoms with van der Waals surface area (Å²) in [5, 5.41) is 2.96.